The Hall–Kier alpha value is -2.36. The van der Waals surface area contributed by atoms with Crippen LogP contribution in [0.5, 0.6) is 0 Å². The van der Waals surface area contributed by atoms with E-state index in [0.29, 0.717) is 11.3 Å². The molecule has 0 aliphatic heterocycles. The number of hydrogen-bond donors (Lipinski definition) is 2. The highest BCUT2D eigenvalue weighted by Gasteiger charge is 2.34. The summed E-state index contributed by atoms with van der Waals surface area (Å²) in [6.07, 6.45) is 5.04. The maximum atomic E-state index is 12.0. The summed E-state index contributed by atoms with van der Waals surface area (Å²) in [7, 11) is 0. The smallest absolute Gasteiger partial charge is 0.311 e. The van der Waals surface area contributed by atoms with Crippen LogP contribution in [0.4, 0.5) is 0 Å². The number of aliphatic carboxylic acids is 1. The molecule has 1 aromatic carbocycles. The van der Waals surface area contributed by atoms with Gasteiger partial charge in [-0.15, -0.1) is 0 Å². The first-order valence-electron chi connectivity index (χ1n) is 6.40. The molecular formula is C16H17NO3. The second-order valence-electron chi connectivity index (χ2n) is 5.42. The van der Waals surface area contributed by atoms with Crippen LogP contribution in [0.15, 0.2) is 54.3 Å². The largest absolute Gasteiger partial charge is 0.481 e. The number of hydrogen-bond acceptors (Lipinski definition) is 2. The molecule has 104 valence electrons. The molecule has 20 heavy (non-hydrogen) atoms. The number of carboxylic acid groups (broad SMARTS) is 1. The van der Waals surface area contributed by atoms with Crippen molar-refractivity contribution in [3.05, 3.63) is 59.8 Å². The number of rotatable bonds is 3. The first-order valence-corrected chi connectivity index (χ1v) is 6.40. The number of benzene rings is 1. The third-order valence-electron chi connectivity index (χ3n) is 3.36. The fraction of sp³-hybridized carbons (Fsp3) is 0.250. The van der Waals surface area contributed by atoms with Gasteiger partial charge in [-0.2, -0.15) is 0 Å². The van der Waals surface area contributed by atoms with E-state index >= 15 is 0 Å². The fourth-order valence-corrected chi connectivity index (χ4v) is 2.26. The average molecular weight is 271 g/mol. The van der Waals surface area contributed by atoms with Gasteiger partial charge in [-0.1, -0.05) is 44.2 Å². The summed E-state index contributed by atoms with van der Waals surface area (Å²) in [6.45, 7) is 3.67. The van der Waals surface area contributed by atoms with Crippen LogP contribution in [0, 0.1) is 11.3 Å². The molecule has 0 spiro atoms. The minimum absolute atomic E-state index is 0.203. The number of carboxylic acids is 1. The highest BCUT2D eigenvalue weighted by Crippen LogP contribution is 2.34. The summed E-state index contributed by atoms with van der Waals surface area (Å²) in [5, 5.41) is 11.9. The lowest BCUT2D eigenvalue weighted by atomic mass is 9.75. The Balaban J connectivity index is 2.14. The van der Waals surface area contributed by atoms with Crippen molar-refractivity contribution in [1.29, 1.82) is 0 Å². The minimum Gasteiger partial charge on any atom is -0.481 e. The van der Waals surface area contributed by atoms with E-state index in [-0.39, 0.29) is 5.91 Å². The molecule has 1 aliphatic rings. The van der Waals surface area contributed by atoms with Crippen LogP contribution in [0.1, 0.15) is 24.2 Å². The Morgan fingerprint density at radius 3 is 2.40 bits per heavy atom. The number of amides is 1. The van der Waals surface area contributed by atoms with Crippen LogP contribution >= 0.6 is 0 Å². The summed E-state index contributed by atoms with van der Waals surface area (Å²) in [5.74, 6) is -1.65. The number of carbonyl (C=O) groups is 2. The molecule has 1 atom stereocenters. The van der Waals surface area contributed by atoms with Gasteiger partial charge in [0, 0.05) is 16.7 Å². The Kier molecular flexibility index (Phi) is 3.74. The van der Waals surface area contributed by atoms with Crippen LogP contribution in [0.2, 0.25) is 0 Å². The maximum absolute atomic E-state index is 12.0. The predicted molar refractivity (Wildman–Crippen MR) is 76.0 cm³/mol. The van der Waals surface area contributed by atoms with Crippen molar-refractivity contribution in [1.82, 2.24) is 5.32 Å². The monoisotopic (exact) mass is 271 g/mol. The topological polar surface area (TPSA) is 66.4 Å². The molecule has 1 aromatic rings. The Morgan fingerprint density at radius 2 is 1.85 bits per heavy atom. The van der Waals surface area contributed by atoms with E-state index in [1.165, 1.54) is 0 Å². The highest BCUT2D eigenvalue weighted by molar-refractivity contribution is 5.95. The number of nitrogens with one attached hydrogen (secondary N) is 1. The van der Waals surface area contributed by atoms with Crippen molar-refractivity contribution in [2.24, 2.45) is 11.3 Å². The van der Waals surface area contributed by atoms with Gasteiger partial charge in [-0.05, 0) is 18.2 Å². The van der Waals surface area contributed by atoms with Crippen molar-refractivity contribution in [2.45, 2.75) is 13.8 Å². The molecule has 0 radical (unpaired) electrons. The fourth-order valence-electron chi connectivity index (χ4n) is 2.26. The molecule has 0 heterocycles. The van der Waals surface area contributed by atoms with Gasteiger partial charge in [-0.25, -0.2) is 0 Å². The van der Waals surface area contributed by atoms with Gasteiger partial charge in [0.25, 0.3) is 5.91 Å². The summed E-state index contributed by atoms with van der Waals surface area (Å²) >= 11 is 0. The summed E-state index contributed by atoms with van der Waals surface area (Å²) < 4.78 is 0. The second kappa shape index (κ2) is 5.33. The Bertz CT molecular complexity index is 585. The molecule has 0 bridgehead atoms. The standard InChI is InChI=1S/C16H17NO3/c1-16(2)10-12(8-9-13(16)15(19)20)17-14(18)11-6-4-3-5-7-11/h3-10,13H,1-2H3,(H,17,18)(H,19,20)/t13-/m0/s1. The molecule has 2 N–H and O–H groups in total. The zero-order valence-corrected chi connectivity index (χ0v) is 11.5. The molecule has 4 nitrogen and oxygen atoms in total. The molecule has 0 saturated heterocycles. The normalized spacial score (nSPS) is 20.1. The van der Waals surface area contributed by atoms with E-state index in [2.05, 4.69) is 5.32 Å². The van der Waals surface area contributed by atoms with Gasteiger partial charge in [-0.3, -0.25) is 9.59 Å². The van der Waals surface area contributed by atoms with E-state index in [1.807, 2.05) is 19.9 Å². The van der Waals surface area contributed by atoms with Gasteiger partial charge in [0.15, 0.2) is 0 Å². The number of carbonyl (C=O) groups excluding carboxylic acids is 1. The SMILES string of the molecule is CC1(C)C=C(NC(=O)c2ccccc2)C=C[C@H]1C(=O)O. The zero-order valence-electron chi connectivity index (χ0n) is 11.5. The maximum Gasteiger partial charge on any atom is 0.311 e. The predicted octanol–water partition coefficient (Wildman–Crippen LogP) is 2.60. The van der Waals surface area contributed by atoms with Crippen molar-refractivity contribution >= 4 is 11.9 Å². The van der Waals surface area contributed by atoms with Gasteiger partial charge in [0.1, 0.15) is 0 Å². The molecule has 0 unspecified atom stereocenters. The van der Waals surface area contributed by atoms with Crippen molar-refractivity contribution in [2.75, 3.05) is 0 Å². The van der Waals surface area contributed by atoms with Crippen LogP contribution in [-0.2, 0) is 4.79 Å². The molecular weight excluding hydrogens is 254 g/mol. The van der Waals surface area contributed by atoms with Crippen LogP contribution in [-0.4, -0.2) is 17.0 Å². The molecule has 0 aromatic heterocycles. The Labute approximate surface area is 117 Å². The van der Waals surface area contributed by atoms with E-state index in [0.717, 1.165) is 0 Å². The van der Waals surface area contributed by atoms with E-state index < -0.39 is 17.3 Å². The lowest BCUT2D eigenvalue weighted by molar-refractivity contribution is -0.142. The minimum atomic E-state index is -0.865. The molecule has 1 amide bonds. The van der Waals surface area contributed by atoms with Gasteiger partial charge < -0.3 is 10.4 Å². The third-order valence-corrected chi connectivity index (χ3v) is 3.36. The quantitative estimate of drug-likeness (QED) is 0.888. The third kappa shape index (κ3) is 2.96. The Morgan fingerprint density at radius 1 is 1.20 bits per heavy atom. The zero-order chi connectivity index (χ0) is 14.8. The van der Waals surface area contributed by atoms with Gasteiger partial charge in [0.05, 0.1) is 5.92 Å². The van der Waals surface area contributed by atoms with E-state index in [4.69, 9.17) is 5.11 Å². The van der Waals surface area contributed by atoms with Crippen molar-refractivity contribution < 1.29 is 14.7 Å². The van der Waals surface area contributed by atoms with Gasteiger partial charge >= 0.3 is 5.97 Å². The summed E-state index contributed by atoms with van der Waals surface area (Å²) in [5.41, 5.74) is 0.654. The molecule has 2 rings (SSSR count). The summed E-state index contributed by atoms with van der Waals surface area (Å²) in [4.78, 5) is 23.2. The molecule has 0 fully saturated rings. The van der Waals surface area contributed by atoms with Crippen LogP contribution in [0.3, 0.4) is 0 Å². The van der Waals surface area contributed by atoms with Crippen molar-refractivity contribution in [3.8, 4) is 0 Å². The first-order chi connectivity index (χ1) is 9.40. The van der Waals surface area contributed by atoms with E-state index in [9.17, 15) is 9.59 Å². The lowest BCUT2D eigenvalue weighted by Crippen LogP contribution is -2.33. The molecule has 1 aliphatic carbocycles. The second-order valence-corrected chi connectivity index (χ2v) is 5.42. The highest BCUT2D eigenvalue weighted by atomic mass is 16.4. The van der Waals surface area contributed by atoms with Gasteiger partial charge in [0.2, 0.25) is 0 Å². The van der Waals surface area contributed by atoms with Crippen LogP contribution < -0.4 is 5.32 Å². The first kappa shape index (κ1) is 14.1. The molecule has 4 heteroatoms. The lowest BCUT2D eigenvalue weighted by Gasteiger charge is -2.30. The molecule has 0 saturated carbocycles. The summed E-state index contributed by atoms with van der Waals surface area (Å²) in [6, 6.07) is 8.90. The number of allylic oxidation sites excluding steroid dienone is 2. The van der Waals surface area contributed by atoms with Crippen molar-refractivity contribution in [3.63, 3.8) is 0 Å². The van der Waals surface area contributed by atoms with E-state index in [1.54, 1.807) is 42.5 Å². The average Bonchev–Trinajstić information content (AvgIpc) is 2.38. The van der Waals surface area contributed by atoms with Crippen LogP contribution in [0.25, 0.3) is 0 Å².